The minimum Gasteiger partial charge on any atom is -0.497 e. The van der Waals surface area contributed by atoms with Gasteiger partial charge < -0.3 is 29.2 Å². The zero-order valence-electron chi connectivity index (χ0n) is 16.4. The number of nitrogens with zero attached hydrogens (tertiary/aromatic N) is 1. The molecule has 0 bridgehead atoms. The molecule has 8 nitrogen and oxygen atoms in total. The van der Waals surface area contributed by atoms with Gasteiger partial charge in [0.05, 0.1) is 32.8 Å². The molecule has 1 aromatic carbocycles. The van der Waals surface area contributed by atoms with Crippen LogP contribution in [0, 0.1) is 6.92 Å². The molecule has 2 N–H and O–H groups in total. The maximum atomic E-state index is 13.1. The smallest absolute Gasteiger partial charge is 0.340 e. The minimum atomic E-state index is -0.847. The second-order valence-corrected chi connectivity index (χ2v) is 6.34. The molecule has 0 aliphatic carbocycles. The number of carbonyl (C=O) groups excluding carboxylic acids is 1. The van der Waals surface area contributed by atoms with Gasteiger partial charge in [-0.3, -0.25) is 4.79 Å². The highest BCUT2D eigenvalue weighted by atomic mass is 16.5. The van der Waals surface area contributed by atoms with Crippen molar-refractivity contribution in [1.82, 2.24) is 4.57 Å². The fraction of sp³-hybridized carbons (Fsp3) is 0.300. The zero-order valence-corrected chi connectivity index (χ0v) is 16.4. The Balaban J connectivity index is 2.41. The van der Waals surface area contributed by atoms with E-state index < -0.39 is 11.9 Å². The third-order valence-electron chi connectivity index (χ3n) is 4.89. The summed E-state index contributed by atoms with van der Waals surface area (Å²) >= 11 is 0. The molecule has 3 rings (SSSR count). The molecule has 0 saturated heterocycles. The van der Waals surface area contributed by atoms with E-state index in [1.54, 1.807) is 38.2 Å². The highest BCUT2D eigenvalue weighted by molar-refractivity contribution is 5.92. The molecule has 0 amide bonds. The molecule has 0 spiro atoms. The van der Waals surface area contributed by atoms with Crippen molar-refractivity contribution in [1.29, 1.82) is 0 Å². The first kappa shape index (κ1) is 19.3. The standard InChI is InChI=1S/C20H22N2O6/c1-10-8-14-16(19(23)22(10)2)15(17(18(21)28-14)20(24)27-5)12-9-11(25-3)6-7-13(12)26-4/h6-9,15H,21H2,1-5H3. The summed E-state index contributed by atoms with van der Waals surface area (Å²) in [7, 11) is 5.92. The third-order valence-corrected chi connectivity index (χ3v) is 4.89. The third kappa shape index (κ3) is 2.96. The number of pyridine rings is 1. The molecule has 1 aliphatic heterocycles. The quantitative estimate of drug-likeness (QED) is 0.796. The second kappa shape index (κ2) is 7.30. The van der Waals surface area contributed by atoms with Crippen molar-refractivity contribution < 1.29 is 23.7 Å². The van der Waals surface area contributed by atoms with Crippen molar-refractivity contribution in [2.45, 2.75) is 12.8 Å². The molecule has 1 aromatic heterocycles. The maximum absolute atomic E-state index is 13.1. The molecular formula is C20H22N2O6. The summed E-state index contributed by atoms with van der Waals surface area (Å²) < 4.78 is 22.8. The van der Waals surface area contributed by atoms with Gasteiger partial charge in [-0.05, 0) is 25.1 Å². The molecule has 28 heavy (non-hydrogen) atoms. The van der Waals surface area contributed by atoms with E-state index in [4.69, 9.17) is 24.7 Å². The van der Waals surface area contributed by atoms with Crippen LogP contribution in [0.5, 0.6) is 17.2 Å². The lowest BCUT2D eigenvalue weighted by Gasteiger charge is -2.29. The molecule has 1 aliphatic rings. The van der Waals surface area contributed by atoms with Crippen LogP contribution in [0.15, 0.2) is 40.5 Å². The van der Waals surface area contributed by atoms with Gasteiger partial charge in [0.2, 0.25) is 5.88 Å². The van der Waals surface area contributed by atoms with Crippen LogP contribution in [0.3, 0.4) is 0 Å². The Morgan fingerprint density at radius 1 is 1.18 bits per heavy atom. The lowest BCUT2D eigenvalue weighted by molar-refractivity contribution is -0.136. The van der Waals surface area contributed by atoms with Gasteiger partial charge in [0.25, 0.3) is 5.56 Å². The molecule has 0 saturated carbocycles. The van der Waals surface area contributed by atoms with Crippen molar-refractivity contribution in [3.8, 4) is 17.2 Å². The number of fused-ring (bicyclic) bond motifs is 1. The lowest BCUT2D eigenvalue weighted by atomic mass is 9.82. The summed E-state index contributed by atoms with van der Waals surface area (Å²) in [5.41, 5.74) is 7.30. The highest BCUT2D eigenvalue weighted by Crippen LogP contribution is 2.45. The van der Waals surface area contributed by atoms with Crippen molar-refractivity contribution in [3.63, 3.8) is 0 Å². The van der Waals surface area contributed by atoms with Gasteiger partial charge in [-0.15, -0.1) is 0 Å². The molecule has 1 unspecified atom stereocenters. The van der Waals surface area contributed by atoms with Gasteiger partial charge in [0.1, 0.15) is 22.8 Å². The summed E-state index contributed by atoms with van der Waals surface area (Å²) in [6, 6.07) is 6.83. The summed E-state index contributed by atoms with van der Waals surface area (Å²) in [5, 5.41) is 0. The van der Waals surface area contributed by atoms with Gasteiger partial charge in [-0.2, -0.15) is 0 Å². The van der Waals surface area contributed by atoms with Gasteiger partial charge in [0.15, 0.2) is 0 Å². The number of aryl methyl sites for hydroxylation is 1. The van der Waals surface area contributed by atoms with Gasteiger partial charge in [0, 0.05) is 24.4 Å². The molecule has 2 aromatic rings. The number of hydrogen-bond acceptors (Lipinski definition) is 7. The predicted molar refractivity (Wildman–Crippen MR) is 102 cm³/mol. The molecule has 0 radical (unpaired) electrons. The molecule has 1 atom stereocenters. The number of methoxy groups -OCH3 is 3. The number of aromatic nitrogens is 1. The van der Waals surface area contributed by atoms with Crippen LogP contribution in [-0.2, 0) is 16.6 Å². The number of esters is 1. The summed E-state index contributed by atoms with van der Waals surface area (Å²) in [6.07, 6.45) is 0. The Kier molecular flexibility index (Phi) is 5.04. The van der Waals surface area contributed by atoms with Crippen molar-refractivity contribution >= 4 is 5.97 Å². The monoisotopic (exact) mass is 386 g/mol. The average Bonchev–Trinajstić information content (AvgIpc) is 2.70. The summed E-state index contributed by atoms with van der Waals surface area (Å²) in [5.74, 6) is -0.366. The highest BCUT2D eigenvalue weighted by Gasteiger charge is 2.39. The van der Waals surface area contributed by atoms with Gasteiger partial charge >= 0.3 is 5.97 Å². The first-order valence-corrected chi connectivity index (χ1v) is 8.52. The average molecular weight is 386 g/mol. The van der Waals surface area contributed by atoms with Crippen LogP contribution in [0.2, 0.25) is 0 Å². The van der Waals surface area contributed by atoms with Crippen molar-refractivity contribution in [3.05, 3.63) is 62.9 Å². The van der Waals surface area contributed by atoms with E-state index in [1.807, 2.05) is 0 Å². The van der Waals surface area contributed by atoms with Crippen molar-refractivity contribution in [2.24, 2.45) is 12.8 Å². The maximum Gasteiger partial charge on any atom is 0.340 e. The van der Waals surface area contributed by atoms with Gasteiger partial charge in [-0.1, -0.05) is 0 Å². The Labute approximate surface area is 162 Å². The Morgan fingerprint density at radius 3 is 2.50 bits per heavy atom. The molecular weight excluding hydrogens is 364 g/mol. The van der Waals surface area contributed by atoms with Gasteiger partial charge in [-0.25, -0.2) is 4.79 Å². The number of nitrogens with two attached hydrogens (primary N) is 1. The van der Waals surface area contributed by atoms with Crippen LogP contribution < -0.4 is 25.5 Å². The topological polar surface area (TPSA) is 102 Å². The minimum absolute atomic E-state index is 0.0301. The number of benzene rings is 1. The van der Waals surface area contributed by atoms with Crippen molar-refractivity contribution in [2.75, 3.05) is 21.3 Å². The fourth-order valence-corrected chi connectivity index (χ4v) is 3.33. The Morgan fingerprint density at radius 2 is 1.89 bits per heavy atom. The Bertz CT molecular complexity index is 1040. The number of rotatable bonds is 4. The van der Waals surface area contributed by atoms with Crippen LogP contribution in [-0.4, -0.2) is 31.9 Å². The number of ether oxygens (including phenoxy) is 4. The summed E-state index contributed by atoms with van der Waals surface area (Å²) in [4.78, 5) is 25.7. The van der Waals surface area contributed by atoms with Crippen LogP contribution >= 0.6 is 0 Å². The number of hydrogen-bond donors (Lipinski definition) is 1. The zero-order chi connectivity index (χ0) is 20.6. The van der Waals surface area contributed by atoms with Crippen LogP contribution in [0.25, 0.3) is 0 Å². The van der Waals surface area contributed by atoms with E-state index in [0.717, 1.165) is 0 Å². The normalized spacial score (nSPS) is 15.5. The molecule has 0 fully saturated rings. The molecule has 148 valence electrons. The van der Waals surface area contributed by atoms with E-state index in [-0.39, 0.29) is 22.6 Å². The fourth-order valence-electron chi connectivity index (χ4n) is 3.33. The van der Waals surface area contributed by atoms with E-state index in [2.05, 4.69) is 0 Å². The molecule has 8 heteroatoms. The van der Waals surface area contributed by atoms with Crippen LogP contribution in [0.4, 0.5) is 0 Å². The second-order valence-electron chi connectivity index (χ2n) is 6.34. The van der Waals surface area contributed by atoms with E-state index >= 15 is 0 Å². The van der Waals surface area contributed by atoms with E-state index in [1.165, 1.54) is 25.9 Å². The van der Waals surface area contributed by atoms with E-state index in [9.17, 15) is 9.59 Å². The lowest BCUT2D eigenvalue weighted by Crippen LogP contribution is -2.34. The summed E-state index contributed by atoms with van der Waals surface area (Å²) in [6.45, 7) is 1.78. The largest absolute Gasteiger partial charge is 0.497 e. The first-order chi connectivity index (χ1) is 13.3. The SMILES string of the molecule is COC(=O)C1=C(N)Oc2cc(C)n(C)c(=O)c2C1c1cc(OC)ccc1OC. The van der Waals surface area contributed by atoms with E-state index in [0.29, 0.717) is 28.5 Å². The molecule has 2 heterocycles. The number of carbonyl (C=O) groups is 1. The van der Waals surface area contributed by atoms with Crippen LogP contribution in [0.1, 0.15) is 22.7 Å². The predicted octanol–water partition coefficient (Wildman–Crippen LogP) is 1.58. The first-order valence-electron chi connectivity index (χ1n) is 8.52. The Hall–Kier alpha value is -3.42.